The van der Waals surface area contributed by atoms with E-state index in [1.807, 2.05) is 25.1 Å². The molecule has 0 aliphatic heterocycles. The van der Waals surface area contributed by atoms with E-state index in [4.69, 9.17) is 12.2 Å². The maximum atomic E-state index is 11.4. The number of aromatic nitrogens is 1. The second-order valence-electron chi connectivity index (χ2n) is 3.50. The van der Waals surface area contributed by atoms with Gasteiger partial charge in [-0.15, -0.1) is 12.3 Å². The molecule has 0 bridgehead atoms. The molecule has 0 saturated carbocycles. The Hall–Kier alpha value is -1.86. The number of nitrogens with one attached hydrogen (secondary N) is 1. The summed E-state index contributed by atoms with van der Waals surface area (Å²) < 4.78 is 0. The van der Waals surface area contributed by atoms with Gasteiger partial charge in [0.25, 0.3) is 0 Å². The molecule has 1 aromatic rings. The predicted octanol–water partition coefficient (Wildman–Crippen LogP) is 0.357. The largest absolute Gasteiger partial charge is 0.349 e. The van der Waals surface area contributed by atoms with Gasteiger partial charge in [0.05, 0.1) is 18.3 Å². The summed E-state index contributed by atoms with van der Waals surface area (Å²) in [4.78, 5) is 15.7. The van der Waals surface area contributed by atoms with E-state index in [9.17, 15) is 4.79 Å². The summed E-state index contributed by atoms with van der Waals surface area (Å²) in [5.41, 5.74) is 7.27. The van der Waals surface area contributed by atoms with Crippen LogP contribution >= 0.6 is 0 Å². The Balaban J connectivity index is 2.46. The number of nitrogens with two attached hydrogens (primary N) is 1. The van der Waals surface area contributed by atoms with Gasteiger partial charge < -0.3 is 11.1 Å². The summed E-state index contributed by atoms with van der Waals surface area (Å²) in [6.45, 7) is 2.27. The molecule has 4 nitrogen and oxygen atoms in total. The smallest absolute Gasteiger partial charge is 0.238 e. The second-order valence-corrected chi connectivity index (χ2v) is 3.50. The van der Waals surface area contributed by atoms with Crippen molar-refractivity contribution in [1.82, 2.24) is 10.3 Å². The number of amides is 1. The third kappa shape index (κ3) is 3.71. The Bertz CT molecular complexity index is 409. The number of rotatable bonds is 4. The fourth-order valence-corrected chi connectivity index (χ4v) is 1.23. The Morgan fingerprint density at radius 3 is 3.06 bits per heavy atom. The van der Waals surface area contributed by atoms with Crippen LogP contribution in [0.15, 0.2) is 18.2 Å². The summed E-state index contributed by atoms with van der Waals surface area (Å²) in [7, 11) is 0. The summed E-state index contributed by atoms with van der Waals surface area (Å²) in [5, 5.41) is 2.69. The minimum absolute atomic E-state index is 0.243. The van der Waals surface area contributed by atoms with Crippen LogP contribution in [-0.4, -0.2) is 16.9 Å². The van der Waals surface area contributed by atoms with E-state index in [0.29, 0.717) is 6.54 Å². The standard InChI is InChI=1S/C12H15N3O/c1-3-5-11(13)12(16)14-8-10-7-4-6-9(2)15-10/h1,4,6-7,11H,5,8,13H2,2H3,(H,14,16). The maximum Gasteiger partial charge on any atom is 0.238 e. The Morgan fingerprint density at radius 1 is 1.69 bits per heavy atom. The quantitative estimate of drug-likeness (QED) is 0.715. The number of aryl methyl sites for hydroxylation is 1. The molecule has 1 heterocycles. The average Bonchev–Trinajstić information content (AvgIpc) is 2.26. The lowest BCUT2D eigenvalue weighted by Gasteiger charge is -2.09. The molecule has 0 saturated heterocycles. The number of carbonyl (C=O) groups excluding carboxylic acids is 1. The van der Waals surface area contributed by atoms with Crippen molar-refractivity contribution in [1.29, 1.82) is 0 Å². The predicted molar refractivity (Wildman–Crippen MR) is 62.2 cm³/mol. The lowest BCUT2D eigenvalue weighted by molar-refractivity contribution is -0.122. The van der Waals surface area contributed by atoms with Crippen molar-refractivity contribution in [2.45, 2.75) is 25.9 Å². The first-order chi connectivity index (χ1) is 7.63. The van der Waals surface area contributed by atoms with Crippen LogP contribution in [0.5, 0.6) is 0 Å². The summed E-state index contributed by atoms with van der Waals surface area (Å²) in [5.74, 6) is 2.11. The number of hydrogen-bond donors (Lipinski definition) is 2. The van der Waals surface area contributed by atoms with Gasteiger partial charge in [0.2, 0.25) is 5.91 Å². The highest BCUT2D eigenvalue weighted by Crippen LogP contribution is 1.97. The molecular formula is C12H15N3O. The molecule has 1 unspecified atom stereocenters. The van der Waals surface area contributed by atoms with Gasteiger partial charge in [0.1, 0.15) is 0 Å². The molecular weight excluding hydrogens is 202 g/mol. The third-order valence-electron chi connectivity index (χ3n) is 2.06. The minimum Gasteiger partial charge on any atom is -0.349 e. The lowest BCUT2D eigenvalue weighted by atomic mass is 10.2. The molecule has 84 valence electrons. The van der Waals surface area contributed by atoms with Crippen LogP contribution in [0.4, 0.5) is 0 Å². The molecule has 1 rings (SSSR count). The normalized spacial score (nSPS) is 11.6. The molecule has 0 radical (unpaired) electrons. The van der Waals surface area contributed by atoms with Crippen molar-refractivity contribution in [2.24, 2.45) is 5.73 Å². The van der Waals surface area contributed by atoms with E-state index in [1.54, 1.807) is 0 Å². The average molecular weight is 217 g/mol. The fraction of sp³-hybridized carbons (Fsp3) is 0.333. The van der Waals surface area contributed by atoms with Crippen molar-refractivity contribution >= 4 is 5.91 Å². The van der Waals surface area contributed by atoms with Crippen LogP contribution in [0.1, 0.15) is 17.8 Å². The lowest BCUT2D eigenvalue weighted by Crippen LogP contribution is -2.40. The van der Waals surface area contributed by atoms with E-state index in [1.165, 1.54) is 0 Å². The van der Waals surface area contributed by atoms with E-state index >= 15 is 0 Å². The summed E-state index contributed by atoms with van der Waals surface area (Å²) in [6.07, 6.45) is 5.32. The molecule has 3 N–H and O–H groups in total. The fourth-order valence-electron chi connectivity index (χ4n) is 1.23. The number of hydrogen-bond acceptors (Lipinski definition) is 3. The van der Waals surface area contributed by atoms with E-state index in [0.717, 1.165) is 11.4 Å². The molecule has 0 aliphatic rings. The van der Waals surface area contributed by atoms with Gasteiger partial charge in [0, 0.05) is 12.1 Å². The molecule has 1 amide bonds. The van der Waals surface area contributed by atoms with E-state index < -0.39 is 6.04 Å². The van der Waals surface area contributed by atoms with Crippen LogP contribution in [0.25, 0.3) is 0 Å². The van der Waals surface area contributed by atoms with E-state index in [-0.39, 0.29) is 12.3 Å². The van der Waals surface area contributed by atoms with Crippen molar-refractivity contribution in [3.05, 3.63) is 29.6 Å². The molecule has 1 atom stereocenters. The van der Waals surface area contributed by atoms with Gasteiger partial charge in [-0.25, -0.2) is 0 Å². The Kier molecular flexibility index (Phi) is 4.49. The highest BCUT2D eigenvalue weighted by Gasteiger charge is 2.11. The SMILES string of the molecule is C#CCC(N)C(=O)NCc1cccc(C)n1. The topological polar surface area (TPSA) is 68.0 Å². The first-order valence-corrected chi connectivity index (χ1v) is 5.02. The van der Waals surface area contributed by atoms with Crippen LogP contribution in [0.2, 0.25) is 0 Å². The van der Waals surface area contributed by atoms with Gasteiger partial charge in [0.15, 0.2) is 0 Å². The zero-order chi connectivity index (χ0) is 12.0. The summed E-state index contributed by atoms with van der Waals surface area (Å²) in [6, 6.07) is 5.00. The number of carbonyl (C=O) groups is 1. The molecule has 0 fully saturated rings. The molecule has 0 spiro atoms. The second kappa shape index (κ2) is 5.89. The van der Waals surface area contributed by atoms with Crippen molar-refractivity contribution < 1.29 is 4.79 Å². The molecule has 1 aromatic heterocycles. The Morgan fingerprint density at radius 2 is 2.44 bits per heavy atom. The molecule has 0 aromatic carbocycles. The van der Waals surface area contributed by atoms with Gasteiger partial charge in [-0.05, 0) is 19.1 Å². The van der Waals surface area contributed by atoms with Crippen molar-refractivity contribution in [3.8, 4) is 12.3 Å². The number of nitrogens with zero attached hydrogens (tertiary/aromatic N) is 1. The summed E-state index contributed by atoms with van der Waals surface area (Å²) >= 11 is 0. The maximum absolute atomic E-state index is 11.4. The van der Waals surface area contributed by atoms with Crippen LogP contribution in [0, 0.1) is 19.3 Å². The zero-order valence-corrected chi connectivity index (χ0v) is 9.23. The minimum atomic E-state index is -0.644. The van der Waals surface area contributed by atoms with Crippen LogP contribution in [0.3, 0.4) is 0 Å². The zero-order valence-electron chi connectivity index (χ0n) is 9.23. The highest BCUT2D eigenvalue weighted by molar-refractivity contribution is 5.81. The molecule has 0 aliphatic carbocycles. The van der Waals surface area contributed by atoms with Gasteiger partial charge >= 0.3 is 0 Å². The Labute approximate surface area is 95.3 Å². The third-order valence-corrected chi connectivity index (χ3v) is 2.06. The monoisotopic (exact) mass is 217 g/mol. The van der Waals surface area contributed by atoms with E-state index in [2.05, 4.69) is 16.2 Å². The first kappa shape index (κ1) is 12.2. The van der Waals surface area contributed by atoms with Gasteiger partial charge in [-0.2, -0.15) is 0 Å². The van der Waals surface area contributed by atoms with Crippen LogP contribution in [-0.2, 0) is 11.3 Å². The van der Waals surface area contributed by atoms with Crippen LogP contribution < -0.4 is 11.1 Å². The van der Waals surface area contributed by atoms with Crippen molar-refractivity contribution in [3.63, 3.8) is 0 Å². The van der Waals surface area contributed by atoms with Gasteiger partial charge in [-0.1, -0.05) is 6.07 Å². The molecule has 4 heteroatoms. The first-order valence-electron chi connectivity index (χ1n) is 5.02. The molecule has 16 heavy (non-hydrogen) atoms. The number of pyridine rings is 1. The number of terminal acetylenes is 1. The highest BCUT2D eigenvalue weighted by atomic mass is 16.2. The van der Waals surface area contributed by atoms with Gasteiger partial charge in [-0.3, -0.25) is 9.78 Å². The van der Waals surface area contributed by atoms with Crippen molar-refractivity contribution in [2.75, 3.05) is 0 Å².